The first-order valence-electron chi connectivity index (χ1n) is 12.0. The molecule has 2 atom stereocenters. The van der Waals surface area contributed by atoms with Gasteiger partial charge in [-0.15, -0.1) is 0 Å². The molecule has 34 heavy (non-hydrogen) atoms. The van der Waals surface area contributed by atoms with Gasteiger partial charge in [-0.3, -0.25) is 4.79 Å². The molecule has 1 amide bonds. The zero-order valence-electron chi connectivity index (χ0n) is 19.7. The van der Waals surface area contributed by atoms with Crippen molar-refractivity contribution >= 4 is 17.2 Å². The average molecular weight is 500 g/mol. The molecular weight excluding hydrogens is 462 g/mol. The lowest BCUT2D eigenvalue weighted by Gasteiger charge is -2.31. The molecule has 0 aliphatic carbocycles. The van der Waals surface area contributed by atoms with Crippen LogP contribution in [0, 0.1) is 0 Å². The van der Waals surface area contributed by atoms with Crippen LogP contribution in [-0.2, 0) is 33.2 Å². The van der Waals surface area contributed by atoms with E-state index in [0.717, 1.165) is 12.0 Å². The topological polar surface area (TPSA) is 95.9 Å². The highest BCUT2D eigenvalue weighted by Crippen LogP contribution is 2.33. The second-order valence-corrected chi connectivity index (χ2v) is 8.80. The van der Waals surface area contributed by atoms with E-state index < -0.39 is 6.29 Å². The lowest BCUT2D eigenvalue weighted by molar-refractivity contribution is -0.153. The van der Waals surface area contributed by atoms with Crippen molar-refractivity contribution in [2.75, 3.05) is 79.2 Å². The Hall–Kier alpha value is -1.53. The highest BCUT2D eigenvalue weighted by molar-refractivity contribution is 7.08. The van der Waals surface area contributed by atoms with Crippen LogP contribution in [0.25, 0.3) is 0 Å². The fraction of sp³-hybridized carbons (Fsp3) is 0.708. The van der Waals surface area contributed by atoms with Crippen LogP contribution in [0.4, 0.5) is 0 Å². The Morgan fingerprint density at radius 1 is 1.00 bits per heavy atom. The quantitative estimate of drug-likeness (QED) is 0.571. The molecule has 0 aromatic carbocycles. The molecule has 2 aliphatic heterocycles. The van der Waals surface area contributed by atoms with Gasteiger partial charge in [0.05, 0.1) is 59.5 Å². The molecule has 9 nitrogen and oxygen atoms in total. The van der Waals surface area contributed by atoms with Crippen LogP contribution < -0.4 is 0 Å². The van der Waals surface area contributed by atoms with Crippen LogP contribution in [0.15, 0.2) is 28.7 Å². The molecule has 0 saturated carbocycles. The molecule has 0 unspecified atom stereocenters. The van der Waals surface area contributed by atoms with E-state index >= 15 is 0 Å². The summed E-state index contributed by atoms with van der Waals surface area (Å²) in [6.07, 6.45) is 3.43. The Morgan fingerprint density at radius 3 is 2.24 bits per heavy atom. The summed E-state index contributed by atoms with van der Waals surface area (Å²) in [5, 5.41) is 13.1. The van der Waals surface area contributed by atoms with Crippen molar-refractivity contribution in [3.05, 3.63) is 34.2 Å². The summed E-state index contributed by atoms with van der Waals surface area (Å²) in [7, 11) is 0. The van der Waals surface area contributed by atoms with Gasteiger partial charge in [0, 0.05) is 32.0 Å². The molecule has 1 aromatic heterocycles. The van der Waals surface area contributed by atoms with Crippen molar-refractivity contribution < 1.29 is 38.3 Å². The summed E-state index contributed by atoms with van der Waals surface area (Å²) >= 11 is 1.63. The number of carbonyl (C=O) groups is 1. The van der Waals surface area contributed by atoms with Crippen molar-refractivity contribution in [1.29, 1.82) is 0 Å². The van der Waals surface area contributed by atoms with Gasteiger partial charge in [-0.1, -0.05) is 0 Å². The van der Waals surface area contributed by atoms with Crippen LogP contribution >= 0.6 is 11.3 Å². The van der Waals surface area contributed by atoms with Crippen LogP contribution in [0.5, 0.6) is 0 Å². The molecule has 1 saturated heterocycles. The maximum absolute atomic E-state index is 13.5. The molecule has 10 heteroatoms. The summed E-state index contributed by atoms with van der Waals surface area (Å²) in [6.45, 7) is 5.17. The largest absolute Gasteiger partial charge is 0.459 e. The maximum atomic E-state index is 13.5. The van der Waals surface area contributed by atoms with E-state index in [2.05, 4.69) is 11.4 Å². The van der Waals surface area contributed by atoms with Crippen molar-refractivity contribution in [3.63, 3.8) is 0 Å². The fourth-order valence-electron chi connectivity index (χ4n) is 3.64. The lowest BCUT2D eigenvalue weighted by Crippen LogP contribution is -2.40. The number of unbranched alkanes of at least 4 members (excludes halogenated alkanes) is 1. The smallest absolute Gasteiger partial charge is 0.288 e. The van der Waals surface area contributed by atoms with Crippen LogP contribution in [0.1, 0.15) is 30.7 Å². The van der Waals surface area contributed by atoms with Crippen molar-refractivity contribution in [2.24, 2.45) is 0 Å². The minimum Gasteiger partial charge on any atom is -0.459 e. The predicted octanol–water partition coefficient (Wildman–Crippen LogP) is 2.16. The summed E-state index contributed by atoms with van der Waals surface area (Å²) in [4.78, 5) is 15.2. The van der Waals surface area contributed by atoms with Gasteiger partial charge in [0.1, 0.15) is 0 Å². The molecule has 3 rings (SSSR count). The summed E-state index contributed by atoms with van der Waals surface area (Å²) in [6, 6.07) is 2.07. The van der Waals surface area contributed by atoms with Crippen LogP contribution in [0.3, 0.4) is 0 Å². The van der Waals surface area contributed by atoms with E-state index in [9.17, 15) is 4.79 Å². The van der Waals surface area contributed by atoms with Gasteiger partial charge in [-0.05, 0) is 41.3 Å². The Bertz CT molecular complexity index is 698. The van der Waals surface area contributed by atoms with E-state index in [1.165, 1.54) is 0 Å². The van der Waals surface area contributed by atoms with Gasteiger partial charge in [-0.2, -0.15) is 11.3 Å². The summed E-state index contributed by atoms with van der Waals surface area (Å²) in [5.74, 6) is 0.124. The van der Waals surface area contributed by atoms with Crippen LogP contribution in [-0.4, -0.2) is 101 Å². The van der Waals surface area contributed by atoms with Gasteiger partial charge < -0.3 is 38.4 Å². The van der Waals surface area contributed by atoms with Crippen LogP contribution in [0.2, 0.25) is 0 Å². The molecular formula is C24H37NO8S. The second kappa shape index (κ2) is 16.2. The van der Waals surface area contributed by atoms with E-state index in [4.69, 9.17) is 33.5 Å². The van der Waals surface area contributed by atoms with E-state index in [1.807, 2.05) is 11.5 Å². The number of hydrogen-bond donors (Lipinski definition) is 1. The third kappa shape index (κ3) is 9.61. The number of aliphatic hydroxyl groups is 1. The number of allylic oxidation sites excluding steroid dienone is 1. The van der Waals surface area contributed by atoms with Crippen molar-refractivity contribution in [3.8, 4) is 0 Å². The van der Waals surface area contributed by atoms with Gasteiger partial charge >= 0.3 is 0 Å². The van der Waals surface area contributed by atoms with E-state index in [-0.39, 0.29) is 18.4 Å². The standard InChI is InChI=1S/C24H37NO8S/c26-6-1-2-7-32-23-18-21(20-3-16-34-19-20)17-22(33-23)24(27)25-4-8-28-10-12-30-14-15-31-13-11-29-9-5-25/h3,16-17,19,21,23,26H,1-2,4-15,18H2/t21-,23+/m0/s1. The summed E-state index contributed by atoms with van der Waals surface area (Å²) < 4.78 is 34.1. The average Bonchev–Trinajstić information content (AvgIpc) is 3.39. The number of amides is 1. The van der Waals surface area contributed by atoms with Crippen molar-refractivity contribution in [2.45, 2.75) is 31.5 Å². The zero-order valence-corrected chi connectivity index (χ0v) is 20.5. The van der Waals surface area contributed by atoms with E-state index in [0.29, 0.717) is 91.2 Å². The third-order valence-electron chi connectivity index (χ3n) is 5.51. The number of thiophene rings is 1. The molecule has 3 heterocycles. The number of rotatable bonds is 7. The highest BCUT2D eigenvalue weighted by atomic mass is 32.1. The molecule has 0 spiro atoms. The Balaban J connectivity index is 1.64. The first-order valence-corrected chi connectivity index (χ1v) is 13.0. The molecule has 0 radical (unpaired) electrons. The monoisotopic (exact) mass is 499 g/mol. The molecule has 2 aliphatic rings. The van der Waals surface area contributed by atoms with E-state index in [1.54, 1.807) is 16.2 Å². The minimum absolute atomic E-state index is 0.0343. The number of aliphatic hydroxyl groups excluding tert-OH is 1. The minimum atomic E-state index is -0.516. The number of ether oxygens (including phenoxy) is 6. The first kappa shape index (κ1) is 27.1. The molecule has 1 fully saturated rings. The second-order valence-electron chi connectivity index (χ2n) is 8.02. The Morgan fingerprint density at radius 2 is 1.65 bits per heavy atom. The van der Waals surface area contributed by atoms with Crippen molar-refractivity contribution in [1.82, 2.24) is 4.90 Å². The number of carbonyl (C=O) groups excluding carboxylic acids is 1. The Kier molecular flexibility index (Phi) is 12.9. The lowest BCUT2D eigenvalue weighted by atomic mass is 9.95. The third-order valence-corrected chi connectivity index (χ3v) is 6.21. The highest BCUT2D eigenvalue weighted by Gasteiger charge is 2.31. The number of nitrogens with zero attached hydrogens (tertiary/aromatic N) is 1. The predicted molar refractivity (Wildman–Crippen MR) is 127 cm³/mol. The normalized spacial score (nSPS) is 23.9. The first-order chi connectivity index (χ1) is 16.8. The zero-order chi connectivity index (χ0) is 23.8. The molecule has 0 bridgehead atoms. The molecule has 1 N–H and O–H groups in total. The fourth-order valence-corrected chi connectivity index (χ4v) is 4.36. The van der Waals surface area contributed by atoms with Gasteiger partial charge in [0.2, 0.25) is 6.29 Å². The molecule has 192 valence electrons. The maximum Gasteiger partial charge on any atom is 0.288 e. The summed E-state index contributed by atoms with van der Waals surface area (Å²) in [5.41, 5.74) is 1.14. The Labute approximate surface area is 205 Å². The van der Waals surface area contributed by atoms with Gasteiger partial charge in [0.25, 0.3) is 5.91 Å². The SMILES string of the molecule is O=C(C1=C[C@H](c2ccsc2)C[C@H](OCCCCO)O1)N1CCOCCOCCOCCOCC1. The van der Waals surface area contributed by atoms with Gasteiger partial charge in [0.15, 0.2) is 5.76 Å². The van der Waals surface area contributed by atoms with Gasteiger partial charge in [-0.25, -0.2) is 0 Å². The molecule has 1 aromatic rings. The number of hydrogen-bond acceptors (Lipinski definition) is 9.